The summed E-state index contributed by atoms with van der Waals surface area (Å²) < 4.78 is 12.2. The van der Waals surface area contributed by atoms with E-state index in [4.69, 9.17) is 11.6 Å². The molecule has 0 aromatic heterocycles. The molecule has 1 rings (SSSR count). The van der Waals surface area contributed by atoms with Crippen LogP contribution in [-0.2, 0) is 6.42 Å². The van der Waals surface area contributed by atoms with Crippen molar-refractivity contribution >= 4 is 11.6 Å². The van der Waals surface area contributed by atoms with Gasteiger partial charge in [-0.1, -0.05) is 41.9 Å². The van der Waals surface area contributed by atoms with Gasteiger partial charge in [0, 0.05) is 6.42 Å². The molecule has 0 fully saturated rings. The van der Waals surface area contributed by atoms with Crippen molar-refractivity contribution in [3.63, 3.8) is 0 Å². The number of halogens is 2. The number of rotatable bonds is 2. The molecule has 0 heterocycles. The van der Waals surface area contributed by atoms with Crippen LogP contribution in [-0.4, -0.2) is 5.63 Å². The van der Waals surface area contributed by atoms with Crippen LogP contribution in [0, 0.1) is 0 Å². The largest absolute Gasteiger partial charge is 0.230 e. The zero-order chi connectivity index (χ0) is 7.40. The third-order valence-electron chi connectivity index (χ3n) is 1.23. The minimum Gasteiger partial charge on any atom is -0.230 e. The molecule has 2 heteroatoms. The lowest BCUT2D eigenvalue weighted by molar-refractivity contribution is 0.442. The van der Waals surface area contributed by atoms with E-state index in [0.717, 1.165) is 5.56 Å². The zero-order valence-corrected chi connectivity index (χ0v) is 6.18. The average Bonchev–Trinajstić information content (AvgIpc) is 1.88. The maximum absolute atomic E-state index is 12.2. The predicted molar refractivity (Wildman–Crippen MR) is 40.9 cm³/mol. The first-order valence-corrected chi connectivity index (χ1v) is 3.55. The Morgan fingerprint density at radius 2 is 1.90 bits per heavy atom. The fraction of sp³-hybridized carbons (Fsp3) is 0.250. The van der Waals surface area contributed by atoms with E-state index in [-0.39, 0.29) is 0 Å². The Hall–Kier alpha value is -0.560. The van der Waals surface area contributed by atoms with Crippen LogP contribution in [0.2, 0.25) is 0 Å². The summed E-state index contributed by atoms with van der Waals surface area (Å²) in [4.78, 5) is 0. The molecule has 0 aliphatic heterocycles. The van der Waals surface area contributed by atoms with Crippen molar-refractivity contribution in [1.82, 2.24) is 0 Å². The van der Waals surface area contributed by atoms with Gasteiger partial charge in [0.2, 0.25) is 0 Å². The number of hydrogen-bond acceptors (Lipinski definition) is 0. The van der Waals surface area contributed by atoms with Crippen molar-refractivity contribution in [3.8, 4) is 0 Å². The minimum atomic E-state index is -1.26. The highest BCUT2D eigenvalue weighted by Crippen LogP contribution is 2.07. The number of alkyl halides is 2. The van der Waals surface area contributed by atoms with Crippen LogP contribution in [0.3, 0.4) is 0 Å². The Balaban J connectivity index is 2.59. The van der Waals surface area contributed by atoms with E-state index in [0.29, 0.717) is 6.42 Å². The van der Waals surface area contributed by atoms with E-state index >= 15 is 0 Å². The molecule has 1 atom stereocenters. The van der Waals surface area contributed by atoms with Crippen LogP contribution >= 0.6 is 11.6 Å². The van der Waals surface area contributed by atoms with E-state index in [2.05, 4.69) is 0 Å². The second-order valence-corrected chi connectivity index (χ2v) is 2.55. The Morgan fingerprint density at radius 1 is 1.30 bits per heavy atom. The quantitative estimate of drug-likeness (QED) is 0.581. The highest BCUT2D eigenvalue weighted by atomic mass is 35.5. The second kappa shape index (κ2) is 3.57. The third-order valence-corrected chi connectivity index (χ3v) is 1.39. The molecule has 0 amide bonds. The molecule has 1 unspecified atom stereocenters. The molecule has 0 nitrogen and oxygen atoms in total. The van der Waals surface area contributed by atoms with Crippen molar-refractivity contribution in [1.29, 1.82) is 0 Å². The van der Waals surface area contributed by atoms with E-state index in [1.165, 1.54) is 0 Å². The topological polar surface area (TPSA) is 0 Å². The van der Waals surface area contributed by atoms with E-state index in [1.54, 1.807) is 0 Å². The smallest absolute Gasteiger partial charge is 0.177 e. The lowest BCUT2D eigenvalue weighted by Gasteiger charge is -1.97. The van der Waals surface area contributed by atoms with Crippen molar-refractivity contribution < 1.29 is 4.39 Å². The normalized spacial score (nSPS) is 13.0. The number of benzene rings is 1. The molecule has 1 aromatic carbocycles. The van der Waals surface area contributed by atoms with Crippen molar-refractivity contribution in [2.24, 2.45) is 0 Å². The lowest BCUT2D eigenvalue weighted by atomic mass is 10.2. The van der Waals surface area contributed by atoms with Crippen LogP contribution in [0.25, 0.3) is 0 Å². The first-order chi connectivity index (χ1) is 4.79. The van der Waals surface area contributed by atoms with Crippen LogP contribution in [0.1, 0.15) is 5.56 Å². The van der Waals surface area contributed by atoms with Gasteiger partial charge >= 0.3 is 0 Å². The lowest BCUT2D eigenvalue weighted by Crippen LogP contribution is -1.93. The Bertz CT molecular complexity index is 184. The van der Waals surface area contributed by atoms with Gasteiger partial charge < -0.3 is 0 Å². The zero-order valence-electron chi connectivity index (χ0n) is 5.43. The van der Waals surface area contributed by atoms with Gasteiger partial charge in [-0.25, -0.2) is 4.39 Å². The molecular formula is C8H8ClF. The first kappa shape index (κ1) is 7.55. The first-order valence-electron chi connectivity index (χ1n) is 3.11. The summed E-state index contributed by atoms with van der Waals surface area (Å²) in [6, 6.07) is 9.35. The molecule has 0 saturated carbocycles. The number of hydrogen-bond donors (Lipinski definition) is 0. The Morgan fingerprint density at radius 3 is 2.40 bits per heavy atom. The highest BCUT2D eigenvalue weighted by molar-refractivity contribution is 6.19. The molecule has 1 aromatic rings. The fourth-order valence-corrected chi connectivity index (χ4v) is 0.970. The summed E-state index contributed by atoms with van der Waals surface area (Å²) in [6.45, 7) is 0. The highest BCUT2D eigenvalue weighted by Gasteiger charge is 2.00. The van der Waals surface area contributed by atoms with Gasteiger partial charge in [-0.05, 0) is 5.56 Å². The molecule has 0 saturated heterocycles. The van der Waals surface area contributed by atoms with E-state index < -0.39 is 5.63 Å². The Kier molecular flexibility index (Phi) is 2.69. The van der Waals surface area contributed by atoms with Crippen LogP contribution in [0.5, 0.6) is 0 Å². The van der Waals surface area contributed by atoms with E-state index in [1.807, 2.05) is 30.3 Å². The van der Waals surface area contributed by atoms with Gasteiger partial charge in [-0.3, -0.25) is 0 Å². The molecule has 0 aliphatic rings. The summed E-state index contributed by atoms with van der Waals surface area (Å²) in [7, 11) is 0. The van der Waals surface area contributed by atoms with Gasteiger partial charge in [0.25, 0.3) is 0 Å². The molecule has 54 valence electrons. The SMILES string of the molecule is FC(Cl)Cc1ccccc1. The molecule has 0 bridgehead atoms. The fourth-order valence-electron chi connectivity index (χ4n) is 0.792. The Labute approximate surface area is 64.6 Å². The molecule has 0 radical (unpaired) electrons. The summed E-state index contributed by atoms with van der Waals surface area (Å²) in [5.41, 5.74) is -0.326. The van der Waals surface area contributed by atoms with Crippen molar-refractivity contribution in [2.75, 3.05) is 0 Å². The van der Waals surface area contributed by atoms with Gasteiger partial charge in [0.1, 0.15) is 0 Å². The van der Waals surface area contributed by atoms with Crippen LogP contribution in [0.4, 0.5) is 4.39 Å². The van der Waals surface area contributed by atoms with Gasteiger partial charge in [-0.15, -0.1) is 0 Å². The van der Waals surface area contributed by atoms with Crippen LogP contribution in [0.15, 0.2) is 30.3 Å². The van der Waals surface area contributed by atoms with E-state index in [9.17, 15) is 4.39 Å². The summed E-state index contributed by atoms with van der Waals surface area (Å²) >= 11 is 5.15. The van der Waals surface area contributed by atoms with Crippen LogP contribution < -0.4 is 0 Å². The van der Waals surface area contributed by atoms with Gasteiger partial charge in [0.15, 0.2) is 5.63 Å². The summed E-state index contributed by atoms with van der Waals surface area (Å²) in [6.07, 6.45) is 0.294. The maximum atomic E-state index is 12.2. The monoisotopic (exact) mass is 158 g/mol. The second-order valence-electron chi connectivity index (χ2n) is 2.08. The van der Waals surface area contributed by atoms with Gasteiger partial charge in [-0.2, -0.15) is 0 Å². The molecule has 0 N–H and O–H groups in total. The summed E-state index contributed by atoms with van der Waals surface area (Å²) in [5, 5.41) is 0. The predicted octanol–water partition coefficient (Wildman–Crippen LogP) is 2.76. The standard InChI is InChI=1S/C8H8ClF/c9-8(10)6-7-4-2-1-3-5-7/h1-5,8H,6H2. The molecule has 10 heavy (non-hydrogen) atoms. The molecule has 0 aliphatic carbocycles. The minimum absolute atomic E-state index is 0.294. The molecule has 0 spiro atoms. The summed E-state index contributed by atoms with van der Waals surface area (Å²) in [5.74, 6) is 0. The molecular weight excluding hydrogens is 151 g/mol. The van der Waals surface area contributed by atoms with Gasteiger partial charge in [0.05, 0.1) is 0 Å². The average molecular weight is 159 g/mol. The van der Waals surface area contributed by atoms with Crippen molar-refractivity contribution in [3.05, 3.63) is 35.9 Å². The third kappa shape index (κ3) is 2.36. The van der Waals surface area contributed by atoms with Crippen molar-refractivity contribution in [2.45, 2.75) is 12.1 Å². The maximum Gasteiger partial charge on any atom is 0.177 e.